The second kappa shape index (κ2) is 5.32. The first-order valence-corrected chi connectivity index (χ1v) is 8.37. The number of rotatable bonds is 1. The SMILES string of the molecule is Nc1ccc(-c2c3ccccc3cc3cccnc23)c2ccccc12. The molecular formula is C23H16N2. The number of benzene rings is 4. The van der Waals surface area contributed by atoms with Crippen LogP contribution in [0, 0.1) is 0 Å². The number of hydrogen-bond donors (Lipinski definition) is 1. The lowest BCUT2D eigenvalue weighted by Crippen LogP contribution is -1.92. The van der Waals surface area contributed by atoms with Crippen LogP contribution in [0.1, 0.15) is 0 Å². The lowest BCUT2D eigenvalue weighted by Gasteiger charge is -2.14. The van der Waals surface area contributed by atoms with Gasteiger partial charge in [0.05, 0.1) is 5.52 Å². The molecule has 0 fully saturated rings. The molecule has 4 aromatic carbocycles. The second-order valence-corrected chi connectivity index (χ2v) is 6.30. The van der Waals surface area contributed by atoms with Crippen LogP contribution in [-0.2, 0) is 0 Å². The molecule has 25 heavy (non-hydrogen) atoms. The monoisotopic (exact) mass is 320 g/mol. The van der Waals surface area contributed by atoms with Crippen LogP contribution in [0.3, 0.4) is 0 Å². The Morgan fingerprint density at radius 2 is 1.36 bits per heavy atom. The van der Waals surface area contributed by atoms with Crippen LogP contribution in [0.5, 0.6) is 0 Å². The van der Waals surface area contributed by atoms with Crippen molar-refractivity contribution in [3.8, 4) is 11.1 Å². The van der Waals surface area contributed by atoms with E-state index in [0.29, 0.717) is 0 Å². The van der Waals surface area contributed by atoms with Crippen molar-refractivity contribution in [3.63, 3.8) is 0 Å². The van der Waals surface area contributed by atoms with E-state index in [4.69, 9.17) is 10.7 Å². The molecule has 0 aliphatic carbocycles. The van der Waals surface area contributed by atoms with E-state index in [9.17, 15) is 0 Å². The predicted molar refractivity (Wildman–Crippen MR) is 107 cm³/mol. The second-order valence-electron chi connectivity index (χ2n) is 6.30. The molecule has 2 nitrogen and oxygen atoms in total. The highest BCUT2D eigenvalue weighted by Gasteiger charge is 2.14. The molecule has 1 aromatic heterocycles. The molecule has 0 unspecified atom stereocenters. The Bertz CT molecular complexity index is 1200. The molecule has 0 aliphatic heterocycles. The van der Waals surface area contributed by atoms with Crippen molar-refractivity contribution in [2.45, 2.75) is 0 Å². The first-order chi connectivity index (χ1) is 12.3. The topological polar surface area (TPSA) is 38.9 Å². The Balaban J connectivity index is 2.03. The molecular weight excluding hydrogens is 304 g/mol. The standard InChI is InChI=1S/C23H16N2/c24-21-12-11-20(18-9-3-4-10-19(18)21)22-17-8-2-1-6-15(17)14-16-7-5-13-25-23(16)22/h1-14H,24H2. The summed E-state index contributed by atoms with van der Waals surface area (Å²) in [7, 11) is 0. The molecule has 0 amide bonds. The minimum atomic E-state index is 0.803. The van der Waals surface area contributed by atoms with Gasteiger partial charge < -0.3 is 5.73 Å². The van der Waals surface area contributed by atoms with Gasteiger partial charge in [-0.05, 0) is 39.9 Å². The predicted octanol–water partition coefficient (Wildman–Crippen LogP) is 5.79. The Labute approximate surface area is 145 Å². The first-order valence-electron chi connectivity index (χ1n) is 8.37. The van der Waals surface area contributed by atoms with E-state index < -0.39 is 0 Å². The summed E-state index contributed by atoms with van der Waals surface area (Å²) in [4.78, 5) is 4.71. The van der Waals surface area contributed by atoms with Crippen molar-refractivity contribution in [1.82, 2.24) is 4.98 Å². The number of nitrogens with zero attached hydrogens (tertiary/aromatic N) is 1. The maximum absolute atomic E-state index is 6.21. The Kier molecular flexibility index (Phi) is 2.98. The van der Waals surface area contributed by atoms with E-state index in [-0.39, 0.29) is 0 Å². The van der Waals surface area contributed by atoms with Gasteiger partial charge in [0, 0.05) is 28.2 Å². The van der Waals surface area contributed by atoms with Gasteiger partial charge in [-0.2, -0.15) is 0 Å². The average Bonchev–Trinajstić information content (AvgIpc) is 2.67. The average molecular weight is 320 g/mol. The van der Waals surface area contributed by atoms with E-state index in [1.165, 1.54) is 21.9 Å². The third-order valence-corrected chi connectivity index (χ3v) is 4.84. The fraction of sp³-hybridized carbons (Fsp3) is 0. The summed E-state index contributed by atoms with van der Waals surface area (Å²) >= 11 is 0. The largest absolute Gasteiger partial charge is 0.398 e. The summed E-state index contributed by atoms with van der Waals surface area (Å²) in [5.74, 6) is 0. The van der Waals surface area contributed by atoms with E-state index in [1.54, 1.807) is 0 Å². The molecule has 0 spiro atoms. The summed E-state index contributed by atoms with van der Waals surface area (Å²) in [6.45, 7) is 0. The molecule has 0 saturated carbocycles. The fourth-order valence-electron chi connectivity index (χ4n) is 3.70. The molecule has 0 aliphatic rings. The van der Waals surface area contributed by atoms with Crippen LogP contribution >= 0.6 is 0 Å². The van der Waals surface area contributed by atoms with Crippen molar-refractivity contribution in [2.24, 2.45) is 0 Å². The Morgan fingerprint density at radius 3 is 2.24 bits per heavy atom. The molecule has 0 saturated heterocycles. The van der Waals surface area contributed by atoms with Crippen LogP contribution in [0.25, 0.3) is 43.6 Å². The zero-order chi connectivity index (χ0) is 16.8. The molecule has 5 rings (SSSR count). The first kappa shape index (κ1) is 14.0. The number of nitrogen functional groups attached to an aromatic ring is 1. The summed E-state index contributed by atoms with van der Waals surface area (Å²) < 4.78 is 0. The van der Waals surface area contributed by atoms with Gasteiger partial charge in [0.25, 0.3) is 0 Å². The summed E-state index contributed by atoms with van der Waals surface area (Å²) in [6, 6.07) is 27.2. The number of anilines is 1. The highest BCUT2D eigenvalue weighted by atomic mass is 14.7. The number of pyridine rings is 1. The van der Waals surface area contributed by atoms with Gasteiger partial charge in [0.15, 0.2) is 0 Å². The van der Waals surface area contributed by atoms with E-state index in [0.717, 1.165) is 27.4 Å². The molecule has 1 heterocycles. The summed E-state index contributed by atoms with van der Waals surface area (Å²) in [6.07, 6.45) is 1.86. The minimum absolute atomic E-state index is 0.803. The Morgan fingerprint density at radius 1 is 0.640 bits per heavy atom. The summed E-state index contributed by atoms with van der Waals surface area (Å²) in [5.41, 5.74) is 10.4. The number of hydrogen-bond acceptors (Lipinski definition) is 2. The minimum Gasteiger partial charge on any atom is -0.398 e. The number of aromatic nitrogens is 1. The van der Waals surface area contributed by atoms with Gasteiger partial charge in [-0.25, -0.2) is 0 Å². The van der Waals surface area contributed by atoms with Gasteiger partial charge in [-0.1, -0.05) is 60.7 Å². The maximum Gasteiger partial charge on any atom is 0.0786 e. The Hall–Kier alpha value is -3.39. The molecule has 2 N–H and O–H groups in total. The van der Waals surface area contributed by atoms with Crippen LogP contribution in [0.15, 0.2) is 85.1 Å². The lowest BCUT2D eigenvalue weighted by molar-refractivity contribution is 1.42. The zero-order valence-electron chi connectivity index (χ0n) is 13.6. The van der Waals surface area contributed by atoms with Crippen LogP contribution in [-0.4, -0.2) is 4.98 Å². The fourth-order valence-corrected chi connectivity index (χ4v) is 3.70. The molecule has 0 bridgehead atoms. The molecule has 5 aromatic rings. The van der Waals surface area contributed by atoms with Gasteiger partial charge in [0.1, 0.15) is 0 Å². The van der Waals surface area contributed by atoms with Crippen molar-refractivity contribution >= 4 is 38.1 Å². The van der Waals surface area contributed by atoms with Gasteiger partial charge in [0.2, 0.25) is 0 Å². The normalized spacial score (nSPS) is 11.4. The molecule has 118 valence electrons. The van der Waals surface area contributed by atoms with Crippen LogP contribution < -0.4 is 5.73 Å². The highest BCUT2D eigenvalue weighted by Crippen LogP contribution is 2.39. The van der Waals surface area contributed by atoms with Crippen molar-refractivity contribution in [3.05, 3.63) is 85.1 Å². The maximum atomic E-state index is 6.21. The smallest absolute Gasteiger partial charge is 0.0786 e. The highest BCUT2D eigenvalue weighted by molar-refractivity contribution is 6.16. The van der Waals surface area contributed by atoms with E-state index in [1.807, 2.05) is 24.4 Å². The molecule has 0 radical (unpaired) electrons. The van der Waals surface area contributed by atoms with Crippen molar-refractivity contribution < 1.29 is 0 Å². The number of nitrogens with two attached hydrogens (primary N) is 1. The van der Waals surface area contributed by atoms with Crippen molar-refractivity contribution in [1.29, 1.82) is 0 Å². The van der Waals surface area contributed by atoms with E-state index in [2.05, 4.69) is 60.7 Å². The van der Waals surface area contributed by atoms with Gasteiger partial charge in [-0.15, -0.1) is 0 Å². The van der Waals surface area contributed by atoms with Crippen molar-refractivity contribution in [2.75, 3.05) is 5.73 Å². The van der Waals surface area contributed by atoms with Gasteiger partial charge >= 0.3 is 0 Å². The summed E-state index contributed by atoms with van der Waals surface area (Å²) in [5, 5.41) is 5.82. The van der Waals surface area contributed by atoms with Crippen LogP contribution in [0.4, 0.5) is 5.69 Å². The molecule has 2 heteroatoms. The van der Waals surface area contributed by atoms with Crippen LogP contribution in [0.2, 0.25) is 0 Å². The third kappa shape index (κ3) is 2.08. The molecule has 0 atom stereocenters. The van der Waals surface area contributed by atoms with Gasteiger partial charge in [-0.3, -0.25) is 4.98 Å². The lowest BCUT2D eigenvalue weighted by atomic mass is 9.91. The number of fused-ring (bicyclic) bond motifs is 3. The zero-order valence-corrected chi connectivity index (χ0v) is 13.6. The quantitative estimate of drug-likeness (QED) is 0.313. The van der Waals surface area contributed by atoms with E-state index >= 15 is 0 Å². The third-order valence-electron chi connectivity index (χ3n) is 4.84.